The van der Waals surface area contributed by atoms with Crippen LogP contribution >= 0.6 is 0 Å². The second-order valence-corrected chi connectivity index (χ2v) is 3.72. The van der Waals surface area contributed by atoms with Crippen molar-refractivity contribution in [3.05, 3.63) is 24.0 Å². The van der Waals surface area contributed by atoms with Gasteiger partial charge in [0.25, 0.3) is 0 Å². The van der Waals surface area contributed by atoms with Crippen LogP contribution in [0.4, 0.5) is 19.0 Å². The van der Waals surface area contributed by atoms with Crippen LogP contribution in [0.15, 0.2) is 18.2 Å². The van der Waals surface area contributed by atoms with E-state index in [4.69, 9.17) is 4.74 Å². The topological polar surface area (TPSA) is 47.0 Å². The third-order valence-corrected chi connectivity index (χ3v) is 1.99. The highest BCUT2D eigenvalue weighted by Gasteiger charge is 2.35. The number of hydrogen-bond donors (Lipinski definition) is 1. The molecule has 0 aromatic carbocycles. The first-order chi connectivity index (χ1) is 8.32. The number of ether oxygens (including phenoxy) is 1. The summed E-state index contributed by atoms with van der Waals surface area (Å²) in [6.45, 7) is 5.71. The number of halogens is 3. The van der Waals surface area contributed by atoms with Gasteiger partial charge in [-0.1, -0.05) is 5.57 Å². The van der Waals surface area contributed by atoms with Crippen molar-refractivity contribution in [1.29, 1.82) is 0 Å². The average molecular weight is 261 g/mol. The second kappa shape index (κ2) is 5.70. The van der Waals surface area contributed by atoms with E-state index in [1.165, 1.54) is 13.1 Å². The van der Waals surface area contributed by atoms with Gasteiger partial charge in [0.1, 0.15) is 5.82 Å². The summed E-state index contributed by atoms with van der Waals surface area (Å²) in [5, 5.41) is 2.53. The fourth-order valence-corrected chi connectivity index (χ4v) is 1.08. The molecule has 18 heavy (non-hydrogen) atoms. The molecule has 1 aromatic rings. The molecule has 1 aromatic heterocycles. The maximum atomic E-state index is 12.5. The van der Waals surface area contributed by atoms with Crippen LogP contribution in [-0.2, 0) is 6.18 Å². The molecule has 0 saturated heterocycles. The molecular formula is C11H14F3N3O. The molecule has 1 N–H and O–H groups in total. The van der Waals surface area contributed by atoms with Crippen LogP contribution in [-0.4, -0.2) is 23.6 Å². The third-order valence-electron chi connectivity index (χ3n) is 1.99. The van der Waals surface area contributed by atoms with E-state index in [9.17, 15) is 13.2 Å². The maximum absolute atomic E-state index is 12.5. The SMILES string of the molecule is C=C(C)CCOc1cc(NC)nc(C(F)(F)F)n1. The number of aromatic nitrogens is 2. The monoisotopic (exact) mass is 261 g/mol. The summed E-state index contributed by atoms with van der Waals surface area (Å²) < 4.78 is 42.7. The molecule has 1 rings (SSSR count). The normalized spacial score (nSPS) is 11.2. The van der Waals surface area contributed by atoms with Crippen molar-refractivity contribution in [2.45, 2.75) is 19.5 Å². The van der Waals surface area contributed by atoms with E-state index in [-0.39, 0.29) is 18.3 Å². The van der Waals surface area contributed by atoms with E-state index in [2.05, 4.69) is 21.9 Å². The van der Waals surface area contributed by atoms with Crippen LogP contribution < -0.4 is 10.1 Å². The molecule has 100 valence electrons. The zero-order chi connectivity index (χ0) is 13.8. The number of anilines is 1. The van der Waals surface area contributed by atoms with Gasteiger partial charge in [0.05, 0.1) is 6.61 Å². The summed E-state index contributed by atoms with van der Waals surface area (Å²) in [5.74, 6) is -1.27. The zero-order valence-corrected chi connectivity index (χ0v) is 10.1. The Kier molecular flexibility index (Phi) is 4.52. The highest BCUT2D eigenvalue weighted by atomic mass is 19.4. The standard InChI is InChI=1S/C11H14F3N3O/c1-7(2)4-5-18-9-6-8(15-3)16-10(17-9)11(12,13)14/h6H,1,4-5H2,2-3H3,(H,15,16,17). The molecule has 0 aliphatic heterocycles. The summed E-state index contributed by atoms with van der Waals surface area (Å²) in [4.78, 5) is 6.64. The molecule has 0 aliphatic carbocycles. The lowest BCUT2D eigenvalue weighted by molar-refractivity contribution is -0.145. The van der Waals surface area contributed by atoms with Crippen LogP contribution in [0, 0.1) is 0 Å². The molecule has 0 radical (unpaired) electrons. The summed E-state index contributed by atoms with van der Waals surface area (Å²) >= 11 is 0. The minimum atomic E-state index is -4.60. The number of nitrogens with one attached hydrogen (secondary N) is 1. The largest absolute Gasteiger partial charge is 0.477 e. The van der Waals surface area contributed by atoms with Gasteiger partial charge in [0.2, 0.25) is 11.7 Å². The summed E-state index contributed by atoms with van der Waals surface area (Å²) in [6, 6.07) is 1.31. The molecule has 0 bridgehead atoms. The average Bonchev–Trinajstić information content (AvgIpc) is 2.27. The zero-order valence-electron chi connectivity index (χ0n) is 10.1. The Morgan fingerprint density at radius 2 is 2.11 bits per heavy atom. The molecule has 0 aliphatic rings. The Morgan fingerprint density at radius 1 is 1.44 bits per heavy atom. The fraction of sp³-hybridized carbons (Fsp3) is 0.455. The molecule has 0 unspecified atom stereocenters. The first-order valence-corrected chi connectivity index (χ1v) is 5.24. The second-order valence-electron chi connectivity index (χ2n) is 3.72. The van der Waals surface area contributed by atoms with Crippen molar-refractivity contribution in [1.82, 2.24) is 9.97 Å². The van der Waals surface area contributed by atoms with Crippen molar-refractivity contribution < 1.29 is 17.9 Å². The van der Waals surface area contributed by atoms with Crippen molar-refractivity contribution in [3.63, 3.8) is 0 Å². The van der Waals surface area contributed by atoms with E-state index in [0.717, 1.165) is 5.57 Å². The summed E-state index contributed by atoms with van der Waals surface area (Å²) in [6.07, 6.45) is -4.04. The number of rotatable bonds is 5. The van der Waals surface area contributed by atoms with E-state index >= 15 is 0 Å². The minimum absolute atomic E-state index is 0.0580. The molecule has 0 spiro atoms. The molecule has 0 fully saturated rings. The van der Waals surface area contributed by atoms with Crippen LogP contribution in [0.1, 0.15) is 19.2 Å². The lowest BCUT2D eigenvalue weighted by Crippen LogP contribution is -2.13. The predicted molar refractivity (Wildman–Crippen MR) is 61.5 cm³/mol. The van der Waals surface area contributed by atoms with Crippen molar-refractivity contribution in [2.75, 3.05) is 19.0 Å². The Labute approximate surface area is 103 Å². The molecule has 1 heterocycles. The van der Waals surface area contributed by atoms with Gasteiger partial charge in [-0.15, -0.1) is 6.58 Å². The van der Waals surface area contributed by atoms with Crippen LogP contribution in [0.5, 0.6) is 5.88 Å². The van der Waals surface area contributed by atoms with Gasteiger partial charge in [-0.05, 0) is 6.92 Å². The molecule has 4 nitrogen and oxygen atoms in total. The van der Waals surface area contributed by atoms with E-state index in [1.807, 2.05) is 6.92 Å². The van der Waals surface area contributed by atoms with Crippen molar-refractivity contribution in [3.8, 4) is 5.88 Å². The van der Waals surface area contributed by atoms with Crippen molar-refractivity contribution in [2.24, 2.45) is 0 Å². The Hall–Kier alpha value is -1.79. The van der Waals surface area contributed by atoms with Gasteiger partial charge in [-0.25, -0.2) is 4.98 Å². The fourth-order valence-electron chi connectivity index (χ4n) is 1.08. The first-order valence-electron chi connectivity index (χ1n) is 5.24. The Bertz CT molecular complexity index is 432. The Balaban J connectivity index is 2.87. The number of hydrogen-bond acceptors (Lipinski definition) is 4. The van der Waals surface area contributed by atoms with Crippen LogP contribution in [0.3, 0.4) is 0 Å². The highest BCUT2D eigenvalue weighted by Crippen LogP contribution is 2.28. The first kappa shape index (κ1) is 14.3. The van der Waals surface area contributed by atoms with E-state index < -0.39 is 12.0 Å². The van der Waals surface area contributed by atoms with Gasteiger partial charge in [-0.2, -0.15) is 18.2 Å². The molecule has 7 heteroatoms. The van der Waals surface area contributed by atoms with Gasteiger partial charge >= 0.3 is 6.18 Å². The molecule has 0 atom stereocenters. The molecule has 0 saturated carbocycles. The summed E-state index contributed by atoms with van der Waals surface area (Å²) in [5.41, 5.74) is 0.883. The van der Waals surface area contributed by atoms with Gasteiger partial charge < -0.3 is 10.1 Å². The summed E-state index contributed by atoms with van der Waals surface area (Å²) in [7, 11) is 1.47. The maximum Gasteiger partial charge on any atom is 0.451 e. The quantitative estimate of drug-likeness (QED) is 0.828. The number of alkyl halides is 3. The molecular weight excluding hydrogens is 247 g/mol. The Morgan fingerprint density at radius 3 is 2.61 bits per heavy atom. The van der Waals surface area contributed by atoms with E-state index in [0.29, 0.717) is 6.42 Å². The highest BCUT2D eigenvalue weighted by molar-refractivity contribution is 5.38. The van der Waals surface area contributed by atoms with Crippen molar-refractivity contribution >= 4 is 5.82 Å². The smallest absolute Gasteiger partial charge is 0.451 e. The third kappa shape index (κ3) is 4.23. The van der Waals surface area contributed by atoms with Crippen LogP contribution in [0.2, 0.25) is 0 Å². The molecule has 0 amide bonds. The lowest BCUT2D eigenvalue weighted by Gasteiger charge is -2.10. The number of nitrogens with zero attached hydrogens (tertiary/aromatic N) is 2. The van der Waals surface area contributed by atoms with Crippen LogP contribution in [0.25, 0.3) is 0 Å². The predicted octanol–water partition coefficient (Wildman–Crippen LogP) is 2.88. The van der Waals surface area contributed by atoms with Gasteiger partial charge in [0.15, 0.2) is 0 Å². The minimum Gasteiger partial charge on any atom is -0.477 e. The van der Waals surface area contributed by atoms with Gasteiger partial charge in [0, 0.05) is 19.5 Å². The van der Waals surface area contributed by atoms with Gasteiger partial charge in [-0.3, -0.25) is 0 Å². The van der Waals surface area contributed by atoms with E-state index in [1.54, 1.807) is 0 Å². The lowest BCUT2D eigenvalue weighted by atomic mass is 10.3.